The van der Waals surface area contributed by atoms with Crippen molar-refractivity contribution in [2.75, 3.05) is 5.32 Å². The zero-order valence-corrected chi connectivity index (χ0v) is 15.1. The van der Waals surface area contributed by atoms with Gasteiger partial charge >= 0.3 is 6.18 Å². The van der Waals surface area contributed by atoms with E-state index in [4.69, 9.17) is 0 Å². The second kappa shape index (κ2) is 5.80. The van der Waals surface area contributed by atoms with Crippen molar-refractivity contribution in [1.82, 2.24) is 14.8 Å². The van der Waals surface area contributed by atoms with Gasteiger partial charge in [0.15, 0.2) is 0 Å². The molecular formula is C20H17F3N4O. The third kappa shape index (κ3) is 2.58. The number of hydrogen-bond acceptors (Lipinski definition) is 3. The normalized spacial score (nSPS) is 16.9. The zero-order valence-electron chi connectivity index (χ0n) is 15.1. The molecule has 0 radical (unpaired) electrons. The van der Waals surface area contributed by atoms with E-state index in [1.165, 1.54) is 6.07 Å². The summed E-state index contributed by atoms with van der Waals surface area (Å²) >= 11 is 0. The van der Waals surface area contributed by atoms with Gasteiger partial charge in [0.25, 0.3) is 0 Å². The predicted molar refractivity (Wildman–Crippen MR) is 97.9 cm³/mol. The van der Waals surface area contributed by atoms with Crippen LogP contribution >= 0.6 is 0 Å². The number of carbonyl (C=O) groups is 1. The second-order valence-corrected chi connectivity index (χ2v) is 7.49. The Kier molecular flexibility index (Phi) is 3.56. The number of anilines is 1. The van der Waals surface area contributed by atoms with E-state index < -0.39 is 11.9 Å². The van der Waals surface area contributed by atoms with Crippen molar-refractivity contribution < 1.29 is 18.0 Å². The molecule has 2 aromatic heterocycles. The summed E-state index contributed by atoms with van der Waals surface area (Å²) < 4.78 is 41.6. The topological polar surface area (TPSA) is 59.8 Å². The van der Waals surface area contributed by atoms with E-state index in [1.54, 1.807) is 0 Å². The number of nitrogens with zero attached hydrogens (tertiary/aromatic N) is 3. The summed E-state index contributed by atoms with van der Waals surface area (Å²) in [4.78, 5) is 15.7. The Balaban J connectivity index is 1.76. The molecule has 1 amide bonds. The Bertz CT molecular complexity index is 1130. The molecule has 1 N–H and O–H groups in total. The maximum absolute atomic E-state index is 13.2. The van der Waals surface area contributed by atoms with Gasteiger partial charge in [0, 0.05) is 11.3 Å². The lowest BCUT2D eigenvalue weighted by Crippen LogP contribution is -2.19. The maximum atomic E-state index is 13.2. The molecule has 5 rings (SSSR count). The van der Waals surface area contributed by atoms with Crippen molar-refractivity contribution in [2.24, 2.45) is 0 Å². The van der Waals surface area contributed by atoms with Crippen molar-refractivity contribution in [3.05, 3.63) is 41.1 Å². The van der Waals surface area contributed by atoms with Gasteiger partial charge in [0.2, 0.25) is 5.91 Å². The van der Waals surface area contributed by atoms with Crippen molar-refractivity contribution in [3.63, 3.8) is 0 Å². The number of nitrogens with one attached hydrogen (secondary N) is 1. The molecule has 0 atom stereocenters. The summed E-state index contributed by atoms with van der Waals surface area (Å²) in [7, 11) is 0. The van der Waals surface area contributed by atoms with Crippen LogP contribution in [-0.4, -0.2) is 20.7 Å². The zero-order chi connectivity index (χ0) is 19.6. The van der Waals surface area contributed by atoms with Gasteiger partial charge in [-0.05, 0) is 61.6 Å². The van der Waals surface area contributed by atoms with Crippen molar-refractivity contribution in [1.29, 1.82) is 0 Å². The summed E-state index contributed by atoms with van der Waals surface area (Å²) in [6.07, 6.45) is -1.30. The SMILES string of the molecule is Cc1cc(-c2c3nc(C(F)(F)F)ccc3nn2C2CCC2)cc2c1NC(=O)C2. The molecule has 0 bridgehead atoms. The minimum atomic E-state index is -4.52. The highest BCUT2D eigenvalue weighted by molar-refractivity contribution is 6.01. The molecule has 0 spiro atoms. The van der Waals surface area contributed by atoms with Gasteiger partial charge in [0.05, 0.1) is 18.2 Å². The number of hydrogen-bond donors (Lipinski definition) is 1. The molecule has 1 fully saturated rings. The molecule has 5 nitrogen and oxygen atoms in total. The maximum Gasteiger partial charge on any atom is 0.433 e. The van der Waals surface area contributed by atoms with E-state index in [9.17, 15) is 18.0 Å². The number of halogens is 3. The van der Waals surface area contributed by atoms with E-state index in [0.29, 0.717) is 11.2 Å². The molecule has 3 aromatic rings. The standard InChI is InChI=1S/C20H17F3N4O/c1-10-7-12(8-11-9-16(28)25-17(10)11)19-18-14(26-27(19)13-3-2-4-13)5-6-15(24-18)20(21,22)23/h5-8,13H,2-4,9H2,1H3,(H,25,28). The van der Waals surface area contributed by atoms with Crippen LogP contribution in [0.15, 0.2) is 24.3 Å². The van der Waals surface area contributed by atoms with E-state index in [1.807, 2.05) is 23.7 Å². The monoisotopic (exact) mass is 386 g/mol. The molecule has 0 unspecified atom stereocenters. The Morgan fingerprint density at radius 2 is 2.00 bits per heavy atom. The summed E-state index contributed by atoms with van der Waals surface area (Å²) in [5.74, 6) is -0.0786. The third-order valence-electron chi connectivity index (χ3n) is 5.56. The number of amides is 1. The van der Waals surface area contributed by atoms with Gasteiger partial charge in [-0.3, -0.25) is 9.48 Å². The predicted octanol–water partition coefficient (Wildman–Crippen LogP) is 4.65. The average Bonchev–Trinajstić information content (AvgIpc) is 3.11. The van der Waals surface area contributed by atoms with E-state index in [0.717, 1.165) is 47.7 Å². The number of benzene rings is 1. The van der Waals surface area contributed by atoms with Gasteiger partial charge in [-0.25, -0.2) is 4.98 Å². The molecular weight excluding hydrogens is 369 g/mol. The van der Waals surface area contributed by atoms with Gasteiger partial charge < -0.3 is 5.32 Å². The van der Waals surface area contributed by atoms with Gasteiger partial charge in [-0.15, -0.1) is 0 Å². The van der Waals surface area contributed by atoms with E-state index in [-0.39, 0.29) is 23.9 Å². The summed E-state index contributed by atoms with van der Waals surface area (Å²) in [5, 5.41) is 7.41. The second-order valence-electron chi connectivity index (χ2n) is 7.49. The fourth-order valence-electron chi connectivity index (χ4n) is 3.98. The van der Waals surface area contributed by atoms with Gasteiger partial charge in [-0.2, -0.15) is 18.3 Å². The molecule has 1 aliphatic carbocycles. The van der Waals surface area contributed by atoms with E-state index in [2.05, 4.69) is 15.4 Å². The molecule has 3 heterocycles. The molecule has 1 saturated carbocycles. The Labute approximate surface area is 158 Å². The lowest BCUT2D eigenvalue weighted by molar-refractivity contribution is -0.141. The van der Waals surface area contributed by atoms with Crippen LogP contribution in [0.25, 0.3) is 22.3 Å². The minimum Gasteiger partial charge on any atom is -0.325 e. The number of aryl methyl sites for hydroxylation is 1. The highest BCUT2D eigenvalue weighted by atomic mass is 19.4. The van der Waals surface area contributed by atoms with Gasteiger partial charge in [0.1, 0.15) is 16.7 Å². The fourth-order valence-corrected chi connectivity index (χ4v) is 3.98. The van der Waals surface area contributed by atoms with E-state index >= 15 is 0 Å². The first-order valence-electron chi connectivity index (χ1n) is 9.21. The van der Waals surface area contributed by atoms with Crippen molar-refractivity contribution >= 4 is 22.6 Å². The lowest BCUT2D eigenvalue weighted by Gasteiger charge is -2.27. The van der Waals surface area contributed by atoms with Crippen LogP contribution < -0.4 is 5.32 Å². The number of carbonyl (C=O) groups excluding carboxylic acids is 1. The summed E-state index contributed by atoms with van der Waals surface area (Å²) in [5.41, 5.74) is 3.62. The minimum absolute atomic E-state index is 0.0786. The number of fused-ring (bicyclic) bond motifs is 2. The van der Waals surface area contributed by atoms with Crippen LogP contribution in [-0.2, 0) is 17.4 Å². The largest absolute Gasteiger partial charge is 0.433 e. The Morgan fingerprint density at radius 3 is 2.68 bits per heavy atom. The highest BCUT2D eigenvalue weighted by Gasteiger charge is 2.34. The number of alkyl halides is 3. The first-order chi connectivity index (χ1) is 13.3. The van der Waals surface area contributed by atoms with Crippen LogP contribution in [0.1, 0.15) is 42.1 Å². The first-order valence-corrected chi connectivity index (χ1v) is 9.21. The molecule has 2 aliphatic rings. The van der Waals surface area contributed by atoms with Gasteiger partial charge in [-0.1, -0.05) is 0 Å². The number of aromatic nitrogens is 3. The molecule has 144 valence electrons. The molecule has 1 aromatic carbocycles. The molecule has 8 heteroatoms. The Hall–Kier alpha value is -2.90. The highest BCUT2D eigenvalue weighted by Crippen LogP contribution is 2.41. The van der Waals surface area contributed by atoms with Crippen LogP contribution in [0.2, 0.25) is 0 Å². The Morgan fingerprint density at radius 1 is 1.21 bits per heavy atom. The molecule has 1 aliphatic heterocycles. The third-order valence-corrected chi connectivity index (χ3v) is 5.56. The number of pyridine rings is 1. The summed E-state index contributed by atoms with van der Waals surface area (Å²) in [6, 6.07) is 6.27. The van der Waals surface area contributed by atoms with Crippen molar-refractivity contribution in [3.8, 4) is 11.3 Å². The van der Waals surface area contributed by atoms with Crippen LogP contribution in [0.4, 0.5) is 18.9 Å². The smallest absolute Gasteiger partial charge is 0.325 e. The van der Waals surface area contributed by atoms with Crippen LogP contribution in [0, 0.1) is 6.92 Å². The summed E-state index contributed by atoms with van der Waals surface area (Å²) in [6.45, 7) is 1.88. The molecule has 28 heavy (non-hydrogen) atoms. The van der Waals surface area contributed by atoms with Crippen molar-refractivity contribution in [2.45, 2.75) is 44.8 Å². The average molecular weight is 386 g/mol. The fraction of sp³-hybridized carbons (Fsp3) is 0.350. The van der Waals surface area contributed by atoms with Crippen LogP contribution in [0.3, 0.4) is 0 Å². The number of rotatable bonds is 2. The molecule has 0 saturated heterocycles. The first kappa shape index (κ1) is 17.2. The van der Waals surface area contributed by atoms with Crippen LogP contribution in [0.5, 0.6) is 0 Å². The quantitative estimate of drug-likeness (QED) is 0.698. The lowest BCUT2D eigenvalue weighted by atomic mass is 9.92.